The van der Waals surface area contributed by atoms with E-state index in [2.05, 4.69) is 33.2 Å². The molecule has 2 aromatic rings. The SMILES string of the molecule is CCc1ccc(N=C2NC(=O)/C(=C/c3cc(Br)ccc3OCC#N)S2)cc1. The van der Waals surface area contributed by atoms with Gasteiger partial charge in [0, 0.05) is 10.0 Å². The van der Waals surface area contributed by atoms with Gasteiger partial charge in [0.2, 0.25) is 0 Å². The standard InChI is InChI=1S/C20H16BrN3O2S/c1-2-13-3-6-16(7-4-13)23-20-24-19(25)18(27-20)12-14-11-15(21)5-8-17(14)26-10-9-22/h3-8,11-12H,2,10H2,1H3,(H,23,24,25)/b18-12-. The summed E-state index contributed by atoms with van der Waals surface area (Å²) < 4.78 is 6.29. The van der Waals surface area contributed by atoms with Gasteiger partial charge in [-0.2, -0.15) is 5.26 Å². The third kappa shape index (κ3) is 5.00. The van der Waals surface area contributed by atoms with Gasteiger partial charge in [-0.15, -0.1) is 0 Å². The number of halogens is 1. The molecule has 136 valence electrons. The Balaban J connectivity index is 1.84. The number of benzene rings is 2. The van der Waals surface area contributed by atoms with Gasteiger partial charge in [0.25, 0.3) is 5.91 Å². The van der Waals surface area contributed by atoms with E-state index < -0.39 is 0 Å². The van der Waals surface area contributed by atoms with Crippen molar-refractivity contribution >= 4 is 50.5 Å². The van der Waals surface area contributed by atoms with Crippen LogP contribution < -0.4 is 10.1 Å². The van der Waals surface area contributed by atoms with Crippen LogP contribution in [0.2, 0.25) is 0 Å². The van der Waals surface area contributed by atoms with Crippen molar-refractivity contribution in [2.45, 2.75) is 13.3 Å². The molecular weight excluding hydrogens is 426 g/mol. The minimum Gasteiger partial charge on any atom is -0.478 e. The van der Waals surface area contributed by atoms with E-state index in [0.29, 0.717) is 21.4 Å². The van der Waals surface area contributed by atoms with Crippen molar-refractivity contribution in [3.05, 3.63) is 63.0 Å². The maximum absolute atomic E-state index is 12.3. The van der Waals surface area contributed by atoms with Crippen LogP contribution >= 0.6 is 27.7 Å². The second-order valence-electron chi connectivity index (χ2n) is 5.63. The van der Waals surface area contributed by atoms with Gasteiger partial charge in [-0.3, -0.25) is 4.79 Å². The minimum atomic E-state index is -0.213. The summed E-state index contributed by atoms with van der Waals surface area (Å²) in [6.45, 7) is 2.04. The van der Waals surface area contributed by atoms with Crippen LogP contribution in [0.3, 0.4) is 0 Å². The van der Waals surface area contributed by atoms with Crippen molar-refractivity contribution in [3.8, 4) is 11.8 Å². The van der Waals surface area contributed by atoms with E-state index in [4.69, 9.17) is 10.00 Å². The Labute approximate surface area is 170 Å². The van der Waals surface area contributed by atoms with Crippen molar-refractivity contribution in [1.29, 1.82) is 5.26 Å². The minimum absolute atomic E-state index is 0.0579. The topological polar surface area (TPSA) is 74.5 Å². The predicted molar refractivity (Wildman–Crippen MR) is 112 cm³/mol. The number of amidine groups is 1. The highest BCUT2D eigenvalue weighted by atomic mass is 79.9. The van der Waals surface area contributed by atoms with Crippen molar-refractivity contribution in [2.75, 3.05) is 6.61 Å². The number of carbonyl (C=O) groups excluding carboxylic acids is 1. The first kappa shape index (κ1) is 19.2. The number of amides is 1. The Hall–Kier alpha value is -2.56. The number of nitrogens with one attached hydrogen (secondary N) is 1. The van der Waals surface area contributed by atoms with E-state index in [9.17, 15) is 4.79 Å². The third-order valence-corrected chi connectivity index (χ3v) is 5.18. The van der Waals surface area contributed by atoms with Crippen LogP contribution in [0.1, 0.15) is 18.1 Å². The lowest BCUT2D eigenvalue weighted by atomic mass is 10.2. The Kier molecular flexibility index (Phi) is 6.32. The second-order valence-corrected chi connectivity index (χ2v) is 7.58. The summed E-state index contributed by atoms with van der Waals surface area (Å²) in [6.07, 6.45) is 2.71. The first-order chi connectivity index (χ1) is 13.1. The van der Waals surface area contributed by atoms with Crippen molar-refractivity contribution < 1.29 is 9.53 Å². The van der Waals surface area contributed by atoms with Gasteiger partial charge in [-0.05, 0) is 60.2 Å². The molecule has 1 saturated heterocycles. The van der Waals surface area contributed by atoms with E-state index in [1.807, 2.05) is 42.5 Å². The number of aryl methyl sites for hydroxylation is 1. The average molecular weight is 442 g/mol. The molecule has 0 atom stereocenters. The highest BCUT2D eigenvalue weighted by Crippen LogP contribution is 2.32. The van der Waals surface area contributed by atoms with Crippen molar-refractivity contribution in [1.82, 2.24) is 5.32 Å². The lowest BCUT2D eigenvalue weighted by Gasteiger charge is -2.07. The van der Waals surface area contributed by atoms with Crippen LogP contribution in [0.5, 0.6) is 5.75 Å². The summed E-state index contributed by atoms with van der Waals surface area (Å²) >= 11 is 4.69. The maximum Gasteiger partial charge on any atom is 0.264 e. The second kappa shape index (κ2) is 8.89. The van der Waals surface area contributed by atoms with E-state index >= 15 is 0 Å². The summed E-state index contributed by atoms with van der Waals surface area (Å²) in [5, 5.41) is 12.0. The molecule has 7 heteroatoms. The fourth-order valence-electron chi connectivity index (χ4n) is 2.42. The molecule has 27 heavy (non-hydrogen) atoms. The molecule has 0 aliphatic carbocycles. The molecular formula is C20H16BrN3O2S. The van der Waals surface area contributed by atoms with Crippen LogP contribution in [0, 0.1) is 11.3 Å². The summed E-state index contributed by atoms with van der Waals surface area (Å²) in [6, 6.07) is 15.3. The number of ether oxygens (including phenoxy) is 1. The van der Waals surface area contributed by atoms with Gasteiger partial charge in [-0.1, -0.05) is 35.0 Å². The quantitative estimate of drug-likeness (QED) is 0.675. The molecule has 5 nitrogen and oxygen atoms in total. The Bertz CT molecular complexity index is 962. The summed E-state index contributed by atoms with van der Waals surface area (Å²) in [5.74, 6) is 0.330. The van der Waals surface area contributed by atoms with Crippen LogP contribution in [0.25, 0.3) is 6.08 Å². The largest absolute Gasteiger partial charge is 0.478 e. The number of thioether (sulfide) groups is 1. The normalized spacial score (nSPS) is 16.4. The van der Waals surface area contributed by atoms with Crippen LogP contribution in [-0.4, -0.2) is 17.7 Å². The Morgan fingerprint density at radius 3 is 2.78 bits per heavy atom. The molecule has 1 amide bonds. The Morgan fingerprint density at radius 2 is 2.07 bits per heavy atom. The first-order valence-corrected chi connectivity index (χ1v) is 9.88. The van der Waals surface area contributed by atoms with E-state index in [1.54, 1.807) is 12.1 Å². The maximum atomic E-state index is 12.3. The summed E-state index contributed by atoms with van der Waals surface area (Å²) in [4.78, 5) is 17.3. The molecule has 0 unspecified atom stereocenters. The van der Waals surface area contributed by atoms with Gasteiger partial charge in [-0.25, -0.2) is 4.99 Å². The molecule has 0 saturated carbocycles. The Morgan fingerprint density at radius 1 is 1.30 bits per heavy atom. The summed E-state index contributed by atoms with van der Waals surface area (Å²) in [7, 11) is 0. The predicted octanol–water partition coefficient (Wildman–Crippen LogP) is 4.81. The molecule has 1 heterocycles. The molecule has 0 bridgehead atoms. The number of nitrogens with zero attached hydrogens (tertiary/aromatic N) is 2. The summed E-state index contributed by atoms with van der Waals surface area (Å²) in [5.41, 5.74) is 2.74. The third-order valence-electron chi connectivity index (χ3n) is 3.78. The van der Waals surface area contributed by atoms with E-state index in [1.165, 1.54) is 17.3 Å². The fourth-order valence-corrected chi connectivity index (χ4v) is 3.63. The van der Waals surface area contributed by atoms with Crippen LogP contribution in [0.15, 0.2) is 56.8 Å². The molecule has 1 N–H and O–H groups in total. The van der Waals surface area contributed by atoms with Crippen molar-refractivity contribution in [2.24, 2.45) is 4.99 Å². The molecule has 0 aromatic heterocycles. The molecule has 3 rings (SSSR count). The molecule has 1 aliphatic rings. The highest BCUT2D eigenvalue weighted by Gasteiger charge is 2.24. The van der Waals surface area contributed by atoms with E-state index in [-0.39, 0.29) is 12.5 Å². The number of aliphatic imine (C=N–C) groups is 1. The zero-order valence-corrected chi connectivity index (χ0v) is 16.9. The fraction of sp³-hybridized carbons (Fsp3) is 0.150. The monoisotopic (exact) mass is 441 g/mol. The molecule has 0 spiro atoms. The van der Waals surface area contributed by atoms with Crippen LogP contribution in [0.4, 0.5) is 5.69 Å². The molecule has 2 aromatic carbocycles. The smallest absolute Gasteiger partial charge is 0.264 e. The zero-order valence-electron chi connectivity index (χ0n) is 14.5. The van der Waals surface area contributed by atoms with Gasteiger partial charge in [0.15, 0.2) is 11.8 Å². The van der Waals surface area contributed by atoms with Gasteiger partial charge >= 0.3 is 0 Å². The van der Waals surface area contributed by atoms with Crippen LogP contribution in [-0.2, 0) is 11.2 Å². The lowest BCUT2D eigenvalue weighted by molar-refractivity contribution is -0.115. The first-order valence-electron chi connectivity index (χ1n) is 8.27. The number of hydrogen-bond donors (Lipinski definition) is 1. The van der Waals surface area contributed by atoms with E-state index in [0.717, 1.165) is 16.6 Å². The van der Waals surface area contributed by atoms with Crippen molar-refractivity contribution in [3.63, 3.8) is 0 Å². The average Bonchev–Trinajstić information content (AvgIpc) is 3.00. The molecule has 0 radical (unpaired) electrons. The highest BCUT2D eigenvalue weighted by molar-refractivity contribution is 9.10. The molecule has 1 aliphatic heterocycles. The van der Waals surface area contributed by atoms with Gasteiger partial charge in [0.1, 0.15) is 11.8 Å². The molecule has 1 fully saturated rings. The number of rotatable bonds is 5. The zero-order chi connectivity index (χ0) is 19.2. The van der Waals surface area contributed by atoms with Gasteiger partial charge in [0.05, 0.1) is 10.6 Å². The number of nitriles is 1. The number of carbonyl (C=O) groups is 1. The van der Waals surface area contributed by atoms with Gasteiger partial charge < -0.3 is 10.1 Å². The number of hydrogen-bond acceptors (Lipinski definition) is 5. The lowest BCUT2D eigenvalue weighted by Crippen LogP contribution is -2.19.